The van der Waals surface area contributed by atoms with Crippen molar-refractivity contribution in [1.82, 2.24) is 10.6 Å². The molecule has 2 aromatic rings. The van der Waals surface area contributed by atoms with Gasteiger partial charge in [-0.1, -0.05) is 69.0 Å². The lowest BCUT2D eigenvalue weighted by molar-refractivity contribution is -0.115. The zero-order chi connectivity index (χ0) is 20.0. The third-order valence-electron chi connectivity index (χ3n) is 4.45. The fourth-order valence-corrected chi connectivity index (χ4v) is 2.88. The molecule has 0 aliphatic carbocycles. The fraction of sp³-hybridized carbons (Fsp3) is 0.391. The summed E-state index contributed by atoms with van der Waals surface area (Å²) in [5.74, 6) is -0.263. The second-order valence-electron chi connectivity index (χ2n) is 6.89. The van der Waals surface area contributed by atoms with Gasteiger partial charge in [0.15, 0.2) is 0 Å². The van der Waals surface area contributed by atoms with E-state index in [0.29, 0.717) is 17.8 Å². The summed E-state index contributed by atoms with van der Waals surface area (Å²) in [6.45, 7) is 3.79. The average molecular weight is 382 g/mol. The minimum atomic E-state index is -0.162. The second-order valence-corrected chi connectivity index (χ2v) is 6.89. The SMILES string of the molecule is CCCCCCCNCC(=O)Nc1cccc(C(=O)NCc2ccccc2)c1. The molecular formula is C23H31N3O2. The van der Waals surface area contributed by atoms with Gasteiger partial charge < -0.3 is 16.0 Å². The summed E-state index contributed by atoms with van der Waals surface area (Å²) in [6, 6.07) is 16.8. The Morgan fingerprint density at radius 2 is 1.68 bits per heavy atom. The molecule has 0 aliphatic heterocycles. The Balaban J connectivity index is 1.72. The van der Waals surface area contributed by atoms with Crippen LogP contribution in [0.15, 0.2) is 54.6 Å². The first-order chi connectivity index (χ1) is 13.7. The van der Waals surface area contributed by atoms with E-state index in [1.807, 2.05) is 30.3 Å². The molecule has 0 atom stereocenters. The molecule has 28 heavy (non-hydrogen) atoms. The summed E-state index contributed by atoms with van der Waals surface area (Å²) in [4.78, 5) is 24.4. The summed E-state index contributed by atoms with van der Waals surface area (Å²) in [5, 5.41) is 8.90. The van der Waals surface area contributed by atoms with Crippen LogP contribution in [0.1, 0.15) is 54.9 Å². The maximum atomic E-state index is 12.3. The van der Waals surface area contributed by atoms with E-state index in [1.54, 1.807) is 24.3 Å². The van der Waals surface area contributed by atoms with Gasteiger partial charge in [0.2, 0.25) is 5.91 Å². The molecule has 150 valence electrons. The molecule has 0 fully saturated rings. The van der Waals surface area contributed by atoms with Crippen LogP contribution in [0.2, 0.25) is 0 Å². The highest BCUT2D eigenvalue weighted by atomic mass is 16.2. The molecule has 0 aliphatic rings. The fourth-order valence-electron chi connectivity index (χ4n) is 2.88. The van der Waals surface area contributed by atoms with Gasteiger partial charge in [0.05, 0.1) is 6.54 Å². The maximum absolute atomic E-state index is 12.3. The van der Waals surface area contributed by atoms with Gasteiger partial charge in [-0.05, 0) is 36.7 Å². The molecule has 2 rings (SSSR count). The quantitative estimate of drug-likeness (QED) is 0.485. The Labute approximate surface area is 167 Å². The van der Waals surface area contributed by atoms with Crippen LogP contribution in [0.5, 0.6) is 0 Å². The Hall–Kier alpha value is -2.66. The first-order valence-corrected chi connectivity index (χ1v) is 10.1. The lowest BCUT2D eigenvalue weighted by Gasteiger charge is -2.09. The molecule has 0 bridgehead atoms. The van der Waals surface area contributed by atoms with E-state index in [0.717, 1.165) is 18.5 Å². The van der Waals surface area contributed by atoms with E-state index in [9.17, 15) is 9.59 Å². The number of anilines is 1. The van der Waals surface area contributed by atoms with Crippen LogP contribution < -0.4 is 16.0 Å². The molecular weight excluding hydrogens is 350 g/mol. The molecule has 0 unspecified atom stereocenters. The first-order valence-electron chi connectivity index (χ1n) is 10.1. The number of benzene rings is 2. The van der Waals surface area contributed by atoms with Crippen molar-refractivity contribution in [2.45, 2.75) is 45.6 Å². The van der Waals surface area contributed by atoms with E-state index in [4.69, 9.17) is 0 Å². The highest BCUT2D eigenvalue weighted by Crippen LogP contribution is 2.11. The molecule has 2 aromatic carbocycles. The predicted octanol–water partition coefficient (Wildman–Crippen LogP) is 4.12. The number of hydrogen-bond acceptors (Lipinski definition) is 3. The number of nitrogens with one attached hydrogen (secondary N) is 3. The van der Waals surface area contributed by atoms with Crippen LogP contribution in [0.4, 0.5) is 5.69 Å². The first kappa shape index (κ1) is 21.6. The molecule has 0 radical (unpaired) electrons. The molecule has 0 heterocycles. The van der Waals surface area contributed by atoms with Crippen molar-refractivity contribution in [3.8, 4) is 0 Å². The molecule has 0 aromatic heterocycles. The van der Waals surface area contributed by atoms with E-state index in [1.165, 1.54) is 25.7 Å². The lowest BCUT2D eigenvalue weighted by Crippen LogP contribution is -2.29. The third-order valence-corrected chi connectivity index (χ3v) is 4.45. The standard InChI is InChI=1S/C23H31N3O2/c1-2-3-4-5-9-15-24-18-22(27)26-21-14-10-13-20(16-21)23(28)25-17-19-11-7-6-8-12-19/h6-8,10-14,16,24H,2-5,9,15,17-18H2,1H3,(H,25,28)(H,26,27). The molecule has 0 saturated carbocycles. The zero-order valence-electron chi connectivity index (χ0n) is 16.7. The van der Waals surface area contributed by atoms with Gasteiger partial charge in [0, 0.05) is 17.8 Å². The Morgan fingerprint density at radius 3 is 2.46 bits per heavy atom. The van der Waals surface area contributed by atoms with Crippen LogP contribution in [-0.4, -0.2) is 24.9 Å². The van der Waals surface area contributed by atoms with Gasteiger partial charge in [-0.3, -0.25) is 9.59 Å². The molecule has 5 nitrogen and oxygen atoms in total. The van der Waals surface area contributed by atoms with Crippen molar-refractivity contribution < 1.29 is 9.59 Å². The Bertz CT molecular complexity index is 732. The third kappa shape index (κ3) is 8.35. The van der Waals surface area contributed by atoms with Crippen molar-refractivity contribution in [3.05, 3.63) is 65.7 Å². The highest BCUT2D eigenvalue weighted by molar-refractivity contribution is 5.97. The lowest BCUT2D eigenvalue weighted by atomic mass is 10.1. The largest absolute Gasteiger partial charge is 0.348 e. The van der Waals surface area contributed by atoms with E-state index < -0.39 is 0 Å². The molecule has 0 saturated heterocycles. The molecule has 0 spiro atoms. The van der Waals surface area contributed by atoms with E-state index in [2.05, 4.69) is 22.9 Å². The topological polar surface area (TPSA) is 70.2 Å². The normalized spacial score (nSPS) is 10.5. The van der Waals surface area contributed by atoms with Gasteiger partial charge in [-0.15, -0.1) is 0 Å². The minimum Gasteiger partial charge on any atom is -0.348 e. The van der Waals surface area contributed by atoms with Gasteiger partial charge >= 0.3 is 0 Å². The number of rotatable bonds is 12. The highest BCUT2D eigenvalue weighted by Gasteiger charge is 2.08. The van der Waals surface area contributed by atoms with Gasteiger partial charge in [0.25, 0.3) is 5.91 Å². The molecule has 2 amide bonds. The van der Waals surface area contributed by atoms with Crippen molar-refractivity contribution in [1.29, 1.82) is 0 Å². The van der Waals surface area contributed by atoms with Gasteiger partial charge in [-0.2, -0.15) is 0 Å². The summed E-state index contributed by atoms with van der Waals surface area (Å²) < 4.78 is 0. The van der Waals surface area contributed by atoms with Crippen molar-refractivity contribution in [2.24, 2.45) is 0 Å². The maximum Gasteiger partial charge on any atom is 0.251 e. The second kappa shape index (κ2) is 12.7. The number of carbonyl (C=O) groups excluding carboxylic acids is 2. The summed E-state index contributed by atoms with van der Waals surface area (Å²) in [6.07, 6.45) is 6.05. The van der Waals surface area contributed by atoms with Crippen LogP contribution >= 0.6 is 0 Å². The number of amides is 2. The number of hydrogen-bond donors (Lipinski definition) is 3. The number of carbonyl (C=O) groups is 2. The Kier molecular flexibility index (Phi) is 9.80. The van der Waals surface area contributed by atoms with Gasteiger partial charge in [-0.25, -0.2) is 0 Å². The van der Waals surface area contributed by atoms with Crippen LogP contribution in [0, 0.1) is 0 Å². The zero-order valence-corrected chi connectivity index (χ0v) is 16.7. The smallest absolute Gasteiger partial charge is 0.251 e. The van der Waals surface area contributed by atoms with E-state index in [-0.39, 0.29) is 18.4 Å². The molecule has 3 N–H and O–H groups in total. The minimum absolute atomic E-state index is 0.101. The van der Waals surface area contributed by atoms with Crippen LogP contribution in [-0.2, 0) is 11.3 Å². The van der Waals surface area contributed by atoms with Gasteiger partial charge in [0.1, 0.15) is 0 Å². The molecule has 5 heteroatoms. The number of unbranched alkanes of at least 4 members (excludes halogenated alkanes) is 4. The monoisotopic (exact) mass is 381 g/mol. The predicted molar refractivity (Wildman–Crippen MR) is 114 cm³/mol. The van der Waals surface area contributed by atoms with Crippen molar-refractivity contribution in [2.75, 3.05) is 18.4 Å². The summed E-state index contributed by atoms with van der Waals surface area (Å²) >= 11 is 0. The summed E-state index contributed by atoms with van der Waals surface area (Å²) in [5.41, 5.74) is 2.20. The Morgan fingerprint density at radius 1 is 0.893 bits per heavy atom. The van der Waals surface area contributed by atoms with Crippen LogP contribution in [0.25, 0.3) is 0 Å². The average Bonchev–Trinajstić information content (AvgIpc) is 2.72. The van der Waals surface area contributed by atoms with E-state index >= 15 is 0 Å². The van der Waals surface area contributed by atoms with Crippen molar-refractivity contribution >= 4 is 17.5 Å². The van der Waals surface area contributed by atoms with Crippen LogP contribution in [0.3, 0.4) is 0 Å². The van der Waals surface area contributed by atoms with Crippen molar-refractivity contribution in [3.63, 3.8) is 0 Å². The summed E-state index contributed by atoms with van der Waals surface area (Å²) in [7, 11) is 0.